The van der Waals surface area contributed by atoms with Crippen molar-refractivity contribution in [3.63, 3.8) is 0 Å². The molecule has 4 heteroatoms. The Kier molecular flexibility index (Phi) is 4.34. The number of aliphatic hydroxyl groups excluding tert-OH is 1. The summed E-state index contributed by atoms with van der Waals surface area (Å²) in [6.45, 7) is 7.78. The smallest absolute Gasteiger partial charge is 0.0717 e. The summed E-state index contributed by atoms with van der Waals surface area (Å²) in [6, 6.07) is 2.00. The van der Waals surface area contributed by atoms with Crippen LogP contribution in [0.2, 0.25) is 0 Å². The molecule has 0 atom stereocenters. The molecule has 1 aromatic heterocycles. The second-order valence-electron chi connectivity index (χ2n) is 4.49. The number of piperazine rings is 1. The fourth-order valence-corrected chi connectivity index (χ4v) is 2.38. The lowest BCUT2D eigenvalue weighted by Gasteiger charge is -2.36. The average Bonchev–Trinajstić information content (AvgIpc) is 2.40. The van der Waals surface area contributed by atoms with E-state index in [0.717, 1.165) is 37.4 Å². The fourth-order valence-electron chi connectivity index (χ4n) is 2.38. The lowest BCUT2D eigenvalue weighted by atomic mass is 10.2. The first-order valence-corrected chi connectivity index (χ1v) is 6.36. The first-order valence-electron chi connectivity index (χ1n) is 6.36. The van der Waals surface area contributed by atoms with Crippen molar-refractivity contribution in [2.75, 3.05) is 37.6 Å². The maximum Gasteiger partial charge on any atom is 0.0717 e. The standard InChI is InChI=1S/C13H21N3O/c1-2-5-15-6-8-16(9-7-15)13-3-4-14-10-12(13)11-17/h3-4,10,17H,2,5-9,11H2,1H3. The molecule has 4 nitrogen and oxygen atoms in total. The van der Waals surface area contributed by atoms with Crippen LogP contribution in [0.4, 0.5) is 5.69 Å². The second kappa shape index (κ2) is 5.98. The number of pyridine rings is 1. The van der Waals surface area contributed by atoms with Crippen molar-refractivity contribution in [1.82, 2.24) is 9.88 Å². The van der Waals surface area contributed by atoms with Gasteiger partial charge in [-0.15, -0.1) is 0 Å². The Morgan fingerprint density at radius 1 is 1.29 bits per heavy atom. The Morgan fingerprint density at radius 2 is 2.06 bits per heavy atom. The van der Waals surface area contributed by atoms with Crippen molar-refractivity contribution in [1.29, 1.82) is 0 Å². The molecule has 94 valence electrons. The summed E-state index contributed by atoms with van der Waals surface area (Å²) in [5, 5.41) is 9.31. The van der Waals surface area contributed by atoms with Gasteiger partial charge in [-0.05, 0) is 19.0 Å². The highest BCUT2D eigenvalue weighted by Crippen LogP contribution is 2.20. The third-order valence-electron chi connectivity index (χ3n) is 3.30. The predicted octanol–water partition coefficient (Wildman–Crippen LogP) is 1.11. The summed E-state index contributed by atoms with van der Waals surface area (Å²) < 4.78 is 0. The minimum Gasteiger partial charge on any atom is -0.392 e. The van der Waals surface area contributed by atoms with Crippen LogP contribution in [0, 0.1) is 0 Å². The maximum absolute atomic E-state index is 9.31. The molecule has 1 fully saturated rings. The van der Waals surface area contributed by atoms with Crippen LogP contribution in [-0.2, 0) is 6.61 Å². The second-order valence-corrected chi connectivity index (χ2v) is 4.49. The third kappa shape index (κ3) is 2.96. The van der Waals surface area contributed by atoms with Crippen LogP contribution in [0.5, 0.6) is 0 Å². The van der Waals surface area contributed by atoms with Crippen molar-refractivity contribution >= 4 is 5.69 Å². The highest BCUT2D eigenvalue weighted by atomic mass is 16.3. The molecule has 0 amide bonds. The minimum absolute atomic E-state index is 0.0678. The number of aromatic nitrogens is 1. The van der Waals surface area contributed by atoms with Crippen LogP contribution in [0.3, 0.4) is 0 Å². The van der Waals surface area contributed by atoms with E-state index in [-0.39, 0.29) is 6.61 Å². The zero-order valence-corrected chi connectivity index (χ0v) is 10.5. The topological polar surface area (TPSA) is 39.6 Å². The van der Waals surface area contributed by atoms with Crippen molar-refractivity contribution < 1.29 is 5.11 Å². The summed E-state index contributed by atoms with van der Waals surface area (Å²) in [5.74, 6) is 0. The van der Waals surface area contributed by atoms with E-state index >= 15 is 0 Å². The molecular weight excluding hydrogens is 214 g/mol. The van der Waals surface area contributed by atoms with Crippen LogP contribution in [0.25, 0.3) is 0 Å². The van der Waals surface area contributed by atoms with Gasteiger partial charge in [0.25, 0.3) is 0 Å². The van der Waals surface area contributed by atoms with Crippen molar-refractivity contribution in [2.45, 2.75) is 20.0 Å². The number of anilines is 1. The van der Waals surface area contributed by atoms with E-state index in [1.807, 2.05) is 6.07 Å². The third-order valence-corrected chi connectivity index (χ3v) is 3.30. The van der Waals surface area contributed by atoms with Gasteiger partial charge in [0.15, 0.2) is 0 Å². The van der Waals surface area contributed by atoms with Gasteiger partial charge in [-0.25, -0.2) is 0 Å². The summed E-state index contributed by atoms with van der Waals surface area (Å²) in [4.78, 5) is 8.90. The van der Waals surface area contributed by atoms with E-state index in [4.69, 9.17) is 0 Å². The van der Waals surface area contributed by atoms with E-state index in [1.54, 1.807) is 12.4 Å². The molecule has 2 heterocycles. The van der Waals surface area contributed by atoms with Crippen molar-refractivity contribution in [3.05, 3.63) is 24.0 Å². The minimum atomic E-state index is 0.0678. The van der Waals surface area contributed by atoms with E-state index in [9.17, 15) is 5.11 Å². The normalized spacial score (nSPS) is 17.4. The lowest BCUT2D eigenvalue weighted by molar-refractivity contribution is 0.256. The summed E-state index contributed by atoms with van der Waals surface area (Å²) in [6.07, 6.45) is 4.78. The first kappa shape index (κ1) is 12.3. The number of hydrogen-bond acceptors (Lipinski definition) is 4. The molecule has 0 bridgehead atoms. The average molecular weight is 235 g/mol. The number of aliphatic hydroxyl groups is 1. The molecule has 1 saturated heterocycles. The molecule has 2 rings (SSSR count). The molecular formula is C13H21N3O. The van der Waals surface area contributed by atoms with E-state index in [1.165, 1.54) is 13.0 Å². The van der Waals surface area contributed by atoms with Crippen LogP contribution >= 0.6 is 0 Å². The SMILES string of the molecule is CCCN1CCN(c2ccncc2CO)CC1. The largest absolute Gasteiger partial charge is 0.392 e. The summed E-state index contributed by atoms with van der Waals surface area (Å²) in [7, 11) is 0. The summed E-state index contributed by atoms with van der Waals surface area (Å²) in [5.41, 5.74) is 2.06. The molecule has 1 N–H and O–H groups in total. The quantitative estimate of drug-likeness (QED) is 0.848. The van der Waals surface area contributed by atoms with E-state index in [2.05, 4.69) is 21.7 Å². The molecule has 0 spiro atoms. The Morgan fingerprint density at radius 3 is 2.71 bits per heavy atom. The number of hydrogen-bond donors (Lipinski definition) is 1. The monoisotopic (exact) mass is 235 g/mol. The molecule has 1 aromatic rings. The van der Waals surface area contributed by atoms with Crippen LogP contribution in [-0.4, -0.2) is 47.7 Å². The molecule has 0 saturated carbocycles. The van der Waals surface area contributed by atoms with Gasteiger partial charge in [0.1, 0.15) is 0 Å². The molecule has 0 radical (unpaired) electrons. The van der Waals surface area contributed by atoms with Gasteiger partial charge in [0, 0.05) is 49.8 Å². The molecule has 17 heavy (non-hydrogen) atoms. The lowest BCUT2D eigenvalue weighted by Crippen LogP contribution is -2.46. The highest BCUT2D eigenvalue weighted by molar-refractivity contribution is 5.52. The van der Waals surface area contributed by atoms with Gasteiger partial charge in [0.2, 0.25) is 0 Å². The van der Waals surface area contributed by atoms with Crippen LogP contribution in [0.15, 0.2) is 18.5 Å². The molecule has 1 aliphatic heterocycles. The molecule has 0 aliphatic carbocycles. The van der Waals surface area contributed by atoms with Crippen molar-refractivity contribution in [3.8, 4) is 0 Å². The zero-order valence-electron chi connectivity index (χ0n) is 10.5. The Labute approximate surface area is 103 Å². The van der Waals surface area contributed by atoms with Gasteiger partial charge >= 0.3 is 0 Å². The van der Waals surface area contributed by atoms with Gasteiger partial charge in [0.05, 0.1) is 6.61 Å². The summed E-state index contributed by atoms with van der Waals surface area (Å²) >= 11 is 0. The first-order chi connectivity index (χ1) is 8.35. The zero-order chi connectivity index (χ0) is 12.1. The van der Waals surface area contributed by atoms with Gasteiger partial charge in [-0.1, -0.05) is 6.92 Å². The predicted molar refractivity (Wildman–Crippen MR) is 69.1 cm³/mol. The van der Waals surface area contributed by atoms with E-state index in [0.29, 0.717) is 0 Å². The Hall–Kier alpha value is -1.13. The van der Waals surface area contributed by atoms with Gasteiger partial charge < -0.3 is 10.0 Å². The number of nitrogens with zero attached hydrogens (tertiary/aromatic N) is 3. The number of rotatable bonds is 4. The highest BCUT2D eigenvalue weighted by Gasteiger charge is 2.18. The maximum atomic E-state index is 9.31. The Bertz CT molecular complexity index is 348. The Balaban J connectivity index is 2.00. The van der Waals surface area contributed by atoms with Crippen LogP contribution < -0.4 is 4.90 Å². The van der Waals surface area contributed by atoms with Gasteiger partial charge in [-0.3, -0.25) is 9.88 Å². The van der Waals surface area contributed by atoms with E-state index < -0.39 is 0 Å². The molecule has 0 aromatic carbocycles. The molecule has 0 unspecified atom stereocenters. The fraction of sp³-hybridized carbons (Fsp3) is 0.615. The van der Waals surface area contributed by atoms with Gasteiger partial charge in [-0.2, -0.15) is 0 Å². The van der Waals surface area contributed by atoms with Crippen molar-refractivity contribution in [2.24, 2.45) is 0 Å². The van der Waals surface area contributed by atoms with Crippen LogP contribution in [0.1, 0.15) is 18.9 Å². The molecule has 1 aliphatic rings.